The lowest BCUT2D eigenvalue weighted by Gasteiger charge is -2.17. The van der Waals surface area contributed by atoms with Gasteiger partial charge >= 0.3 is 0 Å². The molecule has 2 aliphatic carbocycles. The molecule has 0 spiro atoms. The largest absolute Gasteiger partial charge is 0.399 e. The number of carbonyl (C=O) groups excluding carboxylic acids is 1. The third-order valence-electron chi connectivity index (χ3n) is 3.86. The number of hydrogen-bond acceptors (Lipinski definition) is 2. The summed E-state index contributed by atoms with van der Waals surface area (Å²) in [4.78, 5) is 12.1. The van der Waals surface area contributed by atoms with Crippen molar-refractivity contribution in [3.63, 3.8) is 0 Å². The van der Waals surface area contributed by atoms with Crippen LogP contribution in [0.15, 0.2) is 30.4 Å². The molecule has 1 amide bonds. The molecule has 18 heavy (non-hydrogen) atoms. The van der Waals surface area contributed by atoms with Crippen LogP contribution in [0, 0.1) is 23.6 Å². The number of benzene rings is 1. The van der Waals surface area contributed by atoms with E-state index in [2.05, 4.69) is 17.5 Å². The predicted octanol–water partition coefficient (Wildman–Crippen LogP) is 2.56. The van der Waals surface area contributed by atoms with Crippen molar-refractivity contribution in [3.05, 3.63) is 36.2 Å². The summed E-state index contributed by atoms with van der Waals surface area (Å²) in [7, 11) is 0. The normalized spacial score (nSPS) is 28.6. The molecule has 0 saturated heterocycles. The van der Waals surface area contributed by atoms with E-state index in [1.807, 2.05) is 0 Å². The van der Waals surface area contributed by atoms with Crippen LogP contribution in [0.25, 0.3) is 0 Å². The van der Waals surface area contributed by atoms with Gasteiger partial charge in [-0.1, -0.05) is 12.2 Å². The number of allylic oxidation sites excluding steroid dienone is 2. The minimum atomic E-state index is -0.448. The van der Waals surface area contributed by atoms with Gasteiger partial charge in [-0.25, -0.2) is 4.39 Å². The van der Waals surface area contributed by atoms with E-state index >= 15 is 0 Å². The van der Waals surface area contributed by atoms with Gasteiger partial charge in [0.05, 0.1) is 5.69 Å². The molecular weight excluding hydrogens is 231 g/mol. The average molecular weight is 246 g/mol. The number of hydrogen-bond donors (Lipinski definition) is 2. The lowest BCUT2D eigenvalue weighted by molar-refractivity contribution is -0.120. The number of rotatable bonds is 2. The molecule has 3 atom stereocenters. The summed E-state index contributed by atoms with van der Waals surface area (Å²) in [6.45, 7) is 0. The molecule has 4 heteroatoms. The van der Waals surface area contributed by atoms with Crippen LogP contribution in [0.5, 0.6) is 0 Å². The first-order valence-corrected chi connectivity index (χ1v) is 6.17. The number of nitrogens with one attached hydrogen (secondary N) is 1. The molecule has 1 saturated carbocycles. The van der Waals surface area contributed by atoms with Gasteiger partial charge in [0.25, 0.3) is 0 Å². The number of halogens is 1. The number of fused-ring (bicyclic) bond motifs is 2. The van der Waals surface area contributed by atoms with Crippen LogP contribution >= 0.6 is 0 Å². The third kappa shape index (κ3) is 1.88. The average Bonchev–Trinajstić information content (AvgIpc) is 2.96. The molecule has 94 valence electrons. The van der Waals surface area contributed by atoms with E-state index in [-0.39, 0.29) is 17.5 Å². The number of carbonyl (C=O) groups is 1. The maximum atomic E-state index is 13.5. The Labute approximate surface area is 105 Å². The molecule has 1 aromatic carbocycles. The van der Waals surface area contributed by atoms with Crippen LogP contribution in [-0.4, -0.2) is 5.91 Å². The molecule has 0 aromatic heterocycles. The fraction of sp³-hybridized carbons (Fsp3) is 0.357. The van der Waals surface area contributed by atoms with E-state index in [1.54, 1.807) is 0 Å². The molecule has 3 rings (SSSR count). The molecule has 3 N–H and O–H groups in total. The van der Waals surface area contributed by atoms with Gasteiger partial charge in [0.2, 0.25) is 5.91 Å². The van der Waals surface area contributed by atoms with Gasteiger partial charge in [-0.2, -0.15) is 0 Å². The Hall–Kier alpha value is -1.84. The number of nitrogens with two attached hydrogens (primary N) is 1. The van der Waals surface area contributed by atoms with Gasteiger partial charge in [-0.3, -0.25) is 4.79 Å². The summed E-state index contributed by atoms with van der Waals surface area (Å²) < 4.78 is 13.5. The minimum absolute atomic E-state index is 0.0270. The van der Waals surface area contributed by atoms with Gasteiger partial charge in [-0.05, 0) is 42.9 Å². The van der Waals surface area contributed by atoms with Crippen LogP contribution in [0.2, 0.25) is 0 Å². The second-order valence-corrected chi connectivity index (χ2v) is 5.12. The highest BCUT2D eigenvalue weighted by Crippen LogP contribution is 2.43. The Morgan fingerprint density at radius 3 is 2.83 bits per heavy atom. The van der Waals surface area contributed by atoms with Gasteiger partial charge in [0, 0.05) is 11.6 Å². The first kappa shape index (κ1) is 11.3. The number of nitrogen functional groups attached to an aromatic ring is 1. The van der Waals surface area contributed by atoms with Crippen LogP contribution < -0.4 is 11.1 Å². The highest BCUT2D eigenvalue weighted by molar-refractivity contribution is 5.93. The van der Waals surface area contributed by atoms with Crippen LogP contribution in [-0.2, 0) is 4.79 Å². The maximum Gasteiger partial charge on any atom is 0.228 e. The molecule has 0 aliphatic heterocycles. The lowest BCUT2D eigenvalue weighted by atomic mass is 9.93. The van der Waals surface area contributed by atoms with E-state index in [0.717, 1.165) is 12.8 Å². The van der Waals surface area contributed by atoms with Crippen molar-refractivity contribution in [2.24, 2.45) is 17.8 Å². The summed E-state index contributed by atoms with van der Waals surface area (Å²) in [5, 5.41) is 2.65. The van der Waals surface area contributed by atoms with E-state index < -0.39 is 5.82 Å². The Kier molecular flexibility index (Phi) is 2.58. The molecule has 0 heterocycles. The molecule has 1 aromatic rings. The summed E-state index contributed by atoms with van der Waals surface area (Å²) in [6, 6.07) is 4.20. The van der Waals surface area contributed by atoms with Gasteiger partial charge in [0.15, 0.2) is 0 Å². The van der Waals surface area contributed by atoms with E-state index in [0.29, 0.717) is 17.5 Å². The summed E-state index contributed by atoms with van der Waals surface area (Å²) in [6.07, 6.45) is 6.21. The molecule has 0 radical (unpaired) electrons. The maximum absolute atomic E-state index is 13.5. The molecule has 3 nitrogen and oxygen atoms in total. The third-order valence-corrected chi connectivity index (χ3v) is 3.86. The van der Waals surface area contributed by atoms with Crippen molar-refractivity contribution in [2.45, 2.75) is 12.8 Å². The van der Waals surface area contributed by atoms with Crippen LogP contribution in [0.1, 0.15) is 12.8 Å². The quantitative estimate of drug-likeness (QED) is 0.622. The summed E-state index contributed by atoms with van der Waals surface area (Å²) >= 11 is 0. The Balaban J connectivity index is 1.75. The zero-order chi connectivity index (χ0) is 12.7. The van der Waals surface area contributed by atoms with Crippen molar-refractivity contribution in [2.75, 3.05) is 11.1 Å². The van der Waals surface area contributed by atoms with Gasteiger partial charge in [-0.15, -0.1) is 0 Å². The summed E-state index contributed by atoms with van der Waals surface area (Å²) in [5.41, 5.74) is 6.20. The van der Waals surface area contributed by atoms with Crippen LogP contribution in [0.4, 0.5) is 15.8 Å². The molecule has 1 fully saturated rings. The standard InChI is InChI=1S/C14H15FN2O/c15-12-4-3-10(16)7-13(12)17-14(18)11-6-8-1-2-9(11)5-8/h1-4,7-9,11H,5-6,16H2,(H,17,18). The van der Waals surface area contributed by atoms with Crippen LogP contribution in [0.3, 0.4) is 0 Å². The zero-order valence-electron chi connectivity index (χ0n) is 9.90. The van der Waals surface area contributed by atoms with Crippen molar-refractivity contribution in [3.8, 4) is 0 Å². The second-order valence-electron chi connectivity index (χ2n) is 5.12. The van der Waals surface area contributed by atoms with Crippen molar-refractivity contribution in [1.29, 1.82) is 0 Å². The Morgan fingerprint density at radius 1 is 1.33 bits per heavy atom. The fourth-order valence-electron chi connectivity index (χ4n) is 2.95. The second kappa shape index (κ2) is 4.12. The molecular formula is C14H15FN2O. The predicted molar refractivity (Wildman–Crippen MR) is 68.3 cm³/mol. The van der Waals surface area contributed by atoms with Crippen molar-refractivity contribution in [1.82, 2.24) is 0 Å². The Bertz CT molecular complexity index is 527. The Morgan fingerprint density at radius 2 is 2.17 bits per heavy atom. The highest BCUT2D eigenvalue weighted by Gasteiger charge is 2.39. The first-order valence-electron chi connectivity index (χ1n) is 6.17. The van der Waals surface area contributed by atoms with E-state index in [1.165, 1.54) is 18.2 Å². The van der Waals surface area contributed by atoms with Gasteiger partial charge < -0.3 is 11.1 Å². The van der Waals surface area contributed by atoms with E-state index in [4.69, 9.17) is 5.73 Å². The fourth-order valence-corrected chi connectivity index (χ4v) is 2.95. The highest BCUT2D eigenvalue weighted by atomic mass is 19.1. The van der Waals surface area contributed by atoms with Crippen molar-refractivity contribution >= 4 is 17.3 Å². The lowest BCUT2D eigenvalue weighted by Crippen LogP contribution is -2.26. The summed E-state index contributed by atoms with van der Waals surface area (Å²) in [5.74, 6) is 0.268. The van der Waals surface area contributed by atoms with E-state index in [9.17, 15) is 9.18 Å². The minimum Gasteiger partial charge on any atom is -0.399 e. The van der Waals surface area contributed by atoms with Gasteiger partial charge in [0.1, 0.15) is 5.82 Å². The molecule has 2 aliphatic rings. The number of anilines is 2. The number of amides is 1. The topological polar surface area (TPSA) is 55.1 Å². The zero-order valence-corrected chi connectivity index (χ0v) is 9.90. The monoisotopic (exact) mass is 246 g/mol. The molecule has 3 unspecified atom stereocenters. The first-order chi connectivity index (χ1) is 8.63. The SMILES string of the molecule is Nc1ccc(F)c(NC(=O)C2CC3C=CC2C3)c1. The smallest absolute Gasteiger partial charge is 0.228 e. The molecule has 2 bridgehead atoms. The van der Waals surface area contributed by atoms with Crippen molar-refractivity contribution < 1.29 is 9.18 Å².